The van der Waals surface area contributed by atoms with E-state index in [9.17, 15) is 14.9 Å². The zero-order valence-electron chi connectivity index (χ0n) is 17.5. The number of carbonyl (C=O) groups excluding carboxylic acids is 2. The van der Waals surface area contributed by atoms with Crippen molar-refractivity contribution in [2.45, 2.75) is 60.0 Å². The standard InChI is InChI=1S/C23H26N2O4/c1-12-6-13(2)16(7-15(12)11-28-14(3)26)20-17(10-24)22(25)29-19-9-23(4,5)8-18(27)21(19)20/h6-7,20H,8-9,11,25H2,1-5H3. The van der Waals surface area contributed by atoms with Crippen LogP contribution >= 0.6 is 0 Å². The van der Waals surface area contributed by atoms with Gasteiger partial charge in [-0.25, -0.2) is 0 Å². The van der Waals surface area contributed by atoms with Crippen LogP contribution in [0.25, 0.3) is 0 Å². The van der Waals surface area contributed by atoms with Crippen LogP contribution in [0, 0.1) is 30.6 Å². The van der Waals surface area contributed by atoms with Crippen molar-refractivity contribution >= 4 is 11.8 Å². The van der Waals surface area contributed by atoms with Crippen LogP contribution < -0.4 is 5.73 Å². The second-order valence-corrected chi connectivity index (χ2v) is 8.62. The number of hydrogen-bond donors (Lipinski definition) is 1. The van der Waals surface area contributed by atoms with Crippen molar-refractivity contribution in [2.75, 3.05) is 0 Å². The lowest BCUT2D eigenvalue weighted by Crippen LogP contribution is -2.33. The van der Waals surface area contributed by atoms with Crippen LogP contribution in [-0.4, -0.2) is 11.8 Å². The smallest absolute Gasteiger partial charge is 0.302 e. The molecular formula is C23H26N2O4. The molecule has 2 N–H and O–H groups in total. The molecule has 1 aliphatic carbocycles. The normalized spacial score (nSPS) is 20.7. The number of ketones is 1. The number of hydrogen-bond acceptors (Lipinski definition) is 6. The highest BCUT2D eigenvalue weighted by Crippen LogP contribution is 2.48. The van der Waals surface area contributed by atoms with Crippen molar-refractivity contribution in [3.05, 3.63) is 57.2 Å². The Morgan fingerprint density at radius 3 is 2.62 bits per heavy atom. The van der Waals surface area contributed by atoms with Gasteiger partial charge in [0, 0.05) is 25.3 Å². The molecule has 0 radical (unpaired) electrons. The fraction of sp³-hybridized carbons (Fsp3) is 0.435. The summed E-state index contributed by atoms with van der Waals surface area (Å²) in [5.41, 5.74) is 10.2. The van der Waals surface area contributed by atoms with Gasteiger partial charge in [-0.15, -0.1) is 0 Å². The maximum Gasteiger partial charge on any atom is 0.302 e. The maximum atomic E-state index is 13.1. The molecule has 0 bridgehead atoms. The summed E-state index contributed by atoms with van der Waals surface area (Å²) in [6.45, 7) is 9.40. The van der Waals surface area contributed by atoms with E-state index in [1.165, 1.54) is 6.92 Å². The van der Waals surface area contributed by atoms with E-state index in [1.807, 2.05) is 39.8 Å². The van der Waals surface area contributed by atoms with Gasteiger partial charge in [0.2, 0.25) is 5.88 Å². The van der Waals surface area contributed by atoms with Gasteiger partial charge < -0.3 is 15.2 Å². The molecule has 0 aromatic heterocycles. The lowest BCUT2D eigenvalue weighted by atomic mass is 9.69. The second-order valence-electron chi connectivity index (χ2n) is 8.62. The van der Waals surface area contributed by atoms with Crippen molar-refractivity contribution in [2.24, 2.45) is 11.1 Å². The molecule has 1 unspecified atom stereocenters. The number of nitrogens with two attached hydrogens (primary N) is 1. The monoisotopic (exact) mass is 394 g/mol. The zero-order chi connectivity index (χ0) is 21.5. The molecule has 0 amide bonds. The number of nitrogens with zero attached hydrogens (tertiary/aromatic N) is 1. The fourth-order valence-electron chi connectivity index (χ4n) is 4.16. The second kappa shape index (κ2) is 7.40. The number of allylic oxidation sites excluding steroid dienone is 3. The molecule has 0 spiro atoms. The highest BCUT2D eigenvalue weighted by molar-refractivity contribution is 6.00. The summed E-state index contributed by atoms with van der Waals surface area (Å²) in [4.78, 5) is 24.4. The van der Waals surface area contributed by atoms with E-state index in [0.717, 1.165) is 22.3 Å². The topological polar surface area (TPSA) is 102 Å². The Hall–Kier alpha value is -3.07. The average Bonchev–Trinajstić information content (AvgIpc) is 2.58. The first-order chi connectivity index (χ1) is 13.5. The molecule has 1 atom stereocenters. The van der Waals surface area contributed by atoms with Crippen LogP contribution in [0.2, 0.25) is 0 Å². The summed E-state index contributed by atoms with van der Waals surface area (Å²) < 4.78 is 10.9. The maximum absolute atomic E-state index is 13.1. The Morgan fingerprint density at radius 1 is 1.31 bits per heavy atom. The van der Waals surface area contributed by atoms with E-state index in [0.29, 0.717) is 24.2 Å². The number of rotatable bonds is 3. The first kappa shape index (κ1) is 20.7. The van der Waals surface area contributed by atoms with E-state index in [-0.39, 0.29) is 35.2 Å². The molecule has 0 fully saturated rings. The van der Waals surface area contributed by atoms with E-state index in [4.69, 9.17) is 15.2 Å². The number of benzene rings is 1. The van der Waals surface area contributed by atoms with Crippen LogP contribution in [0.4, 0.5) is 0 Å². The molecule has 2 aliphatic rings. The number of ether oxygens (including phenoxy) is 2. The SMILES string of the molecule is CC(=O)OCc1cc(C2C(C#N)=C(N)OC3=C2C(=O)CC(C)(C)C3)c(C)cc1C. The van der Waals surface area contributed by atoms with Gasteiger partial charge in [0.05, 0.1) is 5.92 Å². The number of nitriles is 1. The molecular weight excluding hydrogens is 368 g/mol. The minimum absolute atomic E-state index is 0.0250. The van der Waals surface area contributed by atoms with Gasteiger partial charge in [-0.3, -0.25) is 9.59 Å². The highest BCUT2D eigenvalue weighted by Gasteiger charge is 2.43. The molecule has 1 aromatic rings. The number of aryl methyl sites for hydroxylation is 2. The van der Waals surface area contributed by atoms with Gasteiger partial charge in [-0.2, -0.15) is 5.26 Å². The van der Waals surface area contributed by atoms with Gasteiger partial charge in [-0.1, -0.05) is 26.0 Å². The van der Waals surface area contributed by atoms with Crippen LogP contribution in [-0.2, 0) is 25.7 Å². The predicted molar refractivity (Wildman–Crippen MR) is 107 cm³/mol. The van der Waals surface area contributed by atoms with Crippen molar-refractivity contribution in [3.63, 3.8) is 0 Å². The molecule has 1 aromatic carbocycles. The van der Waals surface area contributed by atoms with Crippen molar-refractivity contribution in [1.29, 1.82) is 5.26 Å². The van der Waals surface area contributed by atoms with Crippen molar-refractivity contribution < 1.29 is 19.1 Å². The third kappa shape index (κ3) is 3.91. The lowest BCUT2D eigenvalue weighted by molar-refractivity contribution is -0.142. The summed E-state index contributed by atoms with van der Waals surface area (Å²) in [7, 11) is 0. The molecule has 6 heteroatoms. The van der Waals surface area contributed by atoms with Crippen molar-refractivity contribution in [1.82, 2.24) is 0 Å². The summed E-state index contributed by atoms with van der Waals surface area (Å²) in [6.07, 6.45) is 0.963. The Kier molecular flexibility index (Phi) is 5.27. The Bertz CT molecular complexity index is 1010. The minimum atomic E-state index is -0.580. The van der Waals surface area contributed by atoms with Gasteiger partial charge >= 0.3 is 5.97 Å². The summed E-state index contributed by atoms with van der Waals surface area (Å²) in [6, 6.07) is 6.03. The highest BCUT2D eigenvalue weighted by atomic mass is 16.5. The largest absolute Gasteiger partial charge is 0.461 e. The van der Waals surface area contributed by atoms with Crippen LogP contribution in [0.5, 0.6) is 0 Å². The van der Waals surface area contributed by atoms with E-state index in [1.54, 1.807) is 0 Å². The summed E-state index contributed by atoms with van der Waals surface area (Å²) in [5, 5.41) is 9.79. The average molecular weight is 394 g/mol. The third-order valence-electron chi connectivity index (χ3n) is 5.54. The Balaban J connectivity index is 2.18. The quantitative estimate of drug-likeness (QED) is 0.782. The Labute approximate surface area is 171 Å². The van der Waals surface area contributed by atoms with E-state index >= 15 is 0 Å². The molecule has 3 rings (SSSR count). The predicted octanol–water partition coefficient (Wildman–Crippen LogP) is 3.82. The molecule has 1 aliphatic heterocycles. The first-order valence-corrected chi connectivity index (χ1v) is 9.61. The summed E-state index contributed by atoms with van der Waals surface area (Å²) >= 11 is 0. The molecule has 29 heavy (non-hydrogen) atoms. The number of carbonyl (C=O) groups is 2. The van der Waals surface area contributed by atoms with E-state index in [2.05, 4.69) is 6.07 Å². The van der Waals surface area contributed by atoms with Gasteiger partial charge in [-0.05, 0) is 41.5 Å². The van der Waals surface area contributed by atoms with E-state index < -0.39 is 5.92 Å². The molecule has 0 saturated carbocycles. The van der Waals surface area contributed by atoms with Crippen LogP contribution in [0.15, 0.2) is 34.9 Å². The van der Waals surface area contributed by atoms with Gasteiger partial charge in [0.1, 0.15) is 24.0 Å². The zero-order valence-corrected chi connectivity index (χ0v) is 17.5. The number of Topliss-reactive ketones (excluding diaryl/α,β-unsaturated/α-hetero) is 1. The third-order valence-corrected chi connectivity index (χ3v) is 5.54. The van der Waals surface area contributed by atoms with Gasteiger partial charge in [0.25, 0.3) is 0 Å². The first-order valence-electron chi connectivity index (χ1n) is 9.61. The molecule has 1 heterocycles. The minimum Gasteiger partial charge on any atom is -0.461 e. The van der Waals surface area contributed by atoms with Crippen LogP contribution in [0.1, 0.15) is 61.8 Å². The summed E-state index contributed by atoms with van der Waals surface area (Å²) in [5.74, 6) is -0.376. The lowest BCUT2D eigenvalue weighted by Gasteiger charge is -2.37. The fourth-order valence-corrected chi connectivity index (χ4v) is 4.16. The number of esters is 1. The molecule has 6 nitrogen and oxygen atoms in total. The van der Waals surface area contributed by atoms with Crippen LogP contribution in [0.3, 0.4) is 0 Å². The Morgan fingerprint density at radius 2 is 2.00 bits per heavy atom. The molecule has 0 saturated heterocycles. The van der Waals surface area contributed by atoms with Crippen molar-refractivity contribution in [3.8, 4) is 6.07 Å². The molecule has 152 valence electrons. The van der Waals surface area contributed by atoms with Gasteiger partial charge in [0.15, 0.2) is 5.78 Å².